The number of rotatable bonds is 4. The molecule has 0 aromatic heterocycles. The van der Waals surface area contributed by atoms with Crippen molar-refractivity contribution in [2.24, 2.45) is 0 Å². The van der Waals surface area contributed by atoms with Gasteiger partial charge in [-0.2, -0.15) is 0 Å². The first-order chi connectivity index (χ1) is 9.63. The van der Waals surface area contributed by atoms with Gasteiger partial charge in [-0.3, -0.25) is 0 Å². The van der Waals surface area contributed by atoms with Crippen LogP contribution in [0.4, 0.5) is 9.18 Å². The summed E-state index contributed by atoms with van der Waals surface area (Å²) in [6.45, 7) is 6.55. The average molecular weight is 297 g/mol. The molecule has 1 amide bonds. The third-order valence-electron chi connectivity index (χ3n) is 2.73. The van der Waals surface area contributed by atoms with Gasteiger partial charge in [-0.25, -0.2) is 9.18 Å². The van der Waals surface area contributed by atoms with Crippen LogP contribution in [0.2, 0.25) is 0 Å². The monoisotopic (exact) mass is 297 g/mol. The van der Waals surface area contributed by atoms with Crippen LogP contribution in [-0.2, 0) is 15.1 Å². The normalized spacial score (nSPS) is 14.0. The molecule has 1 aromatic carbocycles. The van der Waals surface area contributed by atoms with E-state index in [0.717, 1.165) is 0 Å². The minimum atomic E-state index is -1.46. The van der Waals surface area contributed by atoms with E-state index >= 15 is 0 Å². The zero-order chi connectivity index (χ0) is 16.3. The minimum Gasteiger partial charge on any atom is -0.493 e. The van der Waals surface area contributed by atoms with Gasteiger partial charge in [0.05, 0.1) is 7.11 Å². The highest BCUT2D eigenvalue weighted by Crippen LogP contribution is 2.31. The highest BCUT2D eigenvalue weighted by molar-refractivity contribution is 5.78. The summed E-state index contributed by atoms with van der Waals surface area (Å²) >= 11 is 0. The Morgan fingerprint density at radius 1 is 1.29 bits per heavy atom. The molecule has 116 valence electrons. The zero-order valence-corrected chi connectivity index (χ0v) is 12.8. The van der Waals surface area contributed by atoms with Crippen molar-refractivity contribution in [1.29, 1.82) is 0 Å². The number of hydrogen-bond acceptors (Lipinski definition) is 4. The van der Waals surface area contributed by atoms with Crippen LogP contribution in [0, 0.1) is 5.82 Å². The Hall–Kier alpha value is -2.11. The fraction of sp³-hybridized carbons (Fsp3) is 0.467. The van der Waals surface area contributed by atoms with Crippen molar-refractivity contribution in [2.75, 3.05) is 7.11 Å². The van der Waals surface area contributed by atoms with Gasteiger partial charge in [0.15, 0.2) is 11.6 Å². The summed E-state index contributed by atoms with van der Waals surface area (Å²) in [5, 5.41) is 2.44. The number of benzene rings is 1. The number of methoxy groups -OCH3 is 1. The quantitative estimate of drug-likeness (QED) is 0.868. The van der Waals surface area contributed by atoms with Gasteiger partial charge in [-0.1, -0.05) is 12.1 Å². The third-order valence-corrected chi connectivity index (χ3v) is 2.73. The van der Waals surface area contributed by atoms with E-state index < -0.39 is 23.1 Å². The smallest absolute Gasteiger partial charge is 0.408 e. The number of amides is 1. The van der Waals surface area contributed by atoms with Gasteiger partial charge < -0.3 is 19.6 Å². The van der Waals surface area contributed by atoms with Gasteiger partial charge in [0, 0.05) is 5.56 Å². The largest absolute Gasteiger partial charge is 0.493 e. The molecule has 0 fully saturated rings. The third kappa shape index (κ3) is 4.18. The molecular formula is C15H20FNO4. The summed E-state index contributed by atoms with van der Waals surface area (Å²) in [7, 11) is 1.29. The standard InChI is InChI=1S/C15H20FNO4/c1-14(2,3)21-13(19)17-15(4,9-18)10-7-6-8-11(16)12(10)20-5/h6-9H,1-5H3,(H,17,19). The molecule has 0 bridgehead atoms. The molecule has 0 aliphatic heterocycles. The molecule has 0 radical (unpaired) electrons. The van der Waals surface area contributed by atoms with E-state index in [0.29, 0.717) is 6.29 Å². The van der Waals surface area contributed by atoms with Crippen LogP contribution in [0.25, 0.3) is 0 Å². The maximum atomic E-state index is 13.7. The molecule has 5 nitrogen and oxygen atoms in total. The molecule has 0 spiro atoms. The maximum Gasteiger partial charge on any atom is 0.408 e. The highest BCUT2D eigenvalue weighted by atomic mass is 19.1. The summed E-state index contributed by atoms with van der Waals surface area (Å²) in [5.41, 5.74) is -1.96. The van der Waals surface area contributed by atoms with E-state index in [1.54, 1.807) is 20.8 Å². The summed E-state index contributed by atoms with van der Waals surface area (Å²) in [6.07, 6.45) is -0.266. The van der Waals surface area contributed by atoms with Crippen LogP contribution in [0.5, 0.6) is 5.75 Å². The Morgan fingerprint density at radius 3 is 2.38 bits per heavy atom. The predicted octanol–water partition coefficient (Wildman–Crippen LogP) is 2.77. The van der Waals surface area contributed by atoms with Crippen molar-refractivity contribution in [3.63, 3.8) is 0 Å². The fourth-order valence-electron chi connectivity index (χ4n) is 1.80. The molecule has 1 atom stereocenters. The molecule has 0 saturated carbocycles. The Labute approximate surface area is 123 Å². The highest BCUT2D eigenvalue weighted by Gasteiger charge is 2.34. The van der Waals surface area contributed by atoms with Crippen LogP contribution >= 0.6 is 0 Å². The molecule has 0 saturated heterocycles. The number of ether oxygens (including phenoxy) is 2. The van der Waals surface area contributed by atoms with Gasteiger partial charge in [0.2, 0.25) is 0 Å². The number of alkyl carbamates (subject to hydrolysis) is 1. The molecule has 0 heterocycles. The second-order valence-corrected chi connectivity index (χ2v) is 5.77. The lowest BCUT2D eigenvalue weighted by Gasteiger charge is -2.29. The van der Waals surface area contributed by atoms with Crippen molar-refractivity contribution >= 4 is 12.4 Å². The molecule has 1 rings (SSSR count). The van der Waals surface area contributed by atoms with Gasteiger partial charge in [0.1, 0.15) is 17.4 Å². The second-order valence-electron chi connectivity index (χ2n) is 5.77. The number of halogens is 1. The lowest BCUT2D eigenvalue weighted by atomic mass is 9.92. The number of para-hydroxylation sites is 1. The van der Waals surface area contributed by atoms with Crippen molar-refractivity contribution < 1.29 is 23.5 Å². The minimum absolute atomic E-state index is 0.0943. The zero-order valence-electron chi connectivity index (χ0n) is 12.8. The predicted molar refractivity (Wildman–Crippen MR) is 75.7 cm³/mol. The number of carbonyl (C=O) groups excluding carboxylic acids is 2. The molecule has 21 heavy (non-hydrogen) atoms. The number of aldehydes is 1. The molecule has 0 aliphatic rings. The van der Waals surface area contributed by atoms with Gasteiger partial charge in [-0.05, 0) is 33.8 Å². The van der Waals surface area contributed by atoms with Crippen LogP contribution in [0.15, 0.2) is 18.2 Å². The Morgan fingerprint density at radius 2 is 1.90 bits per heavy atom. The SMILES string of the molecule is COc1c(F)cccc1C(C)(C=O)NC(=O)OC(C)(C)C. The summed E-state index contributed by atoms with van der Waals surface area (Å²) in [5.74, 6) is -0.711. The lowest BCUT2D eigenvalue weighted by Crippen LogP contribution is -2.47. The molecule has 1 unspecified atom stereocenters. The van der Waals surface area contributed by atoms with Crippen molar-refractivity contribution in [1.82, 2.24) is 5.32 Å². The Balaban J connectivity index is 3.14. The number of hydrogen-bond donors (Lipinski definition) is 1. The Kier molecular flexibility index (Phi) is 4.93. The van der Waals surface area contributed by atoms with Crippen molar-refractivity contribution in [3.8, 4) is 5.75 Å². The summed E-state index contributed by atoms with van der Waals surface area (Å²) < 4.78 is 23.8. The Bertz CT molecular complexity index is 539. The first-order valence-electron chi connectivity index (χ1n) is 6.43. The topological polar surface area (TPSA) is 64.6 Å². The van der Waals surface area contributed by atoms with Gasteiger partial charge in [0.25, 0.3) is 0 Å². The molecule has 1 aromatic rings. The van der Waals surface area contributed by atoms with Gasteiger partial charge in [-0.15, -0.1) is 0 Å². The van der Waals surface area contributed by atoms with Crippen LogP contribution in [0.1, 0.15) is 33.3 Å². The van der Waals surface area contributed by atoms with Gasteiger partial charge >= 0.3 is 6.09 Å². The van der Waals surface area contributed by atoms with E-state index in [4.69, 9.17) is 9.47 Å². The summed E-state index contributed by atoms with van der Waals surface area (Å²) in [4.78, 5) is 23.3. The number of carbonyl (C=O) groups is 2. The van der Waals surface area contributed by atoms with Crippen LogP contribution in [0.3, 0.4) is 0 Å². The molecule has 1 N–H and O–H groups in total. The second kappa shape index (κ2) is 6.11. The van der Waals surface area contributed by atoms with E-state index in [2.05, 4.69) is 5.32 Å². The van der Waals surface area contributed by atoms with Crippen LogP contribution in [-0.4, -0.2) is 25.1 Å². The first-order valence-corrected chi connectivity index (χ1v) is 6.43. The average Bonchev–Trinajstić information content (AvgIpc) is 2.35. The lowest BCUT2D eigenvalue weighted by molar-refractivity contribution is -0.113. The van der Waals surface area contributed by atoms with Crippen molar-refractivity contribution in [3.05, 3.63) is 29.6 Å². The van der Waals surface area contributed by atoms with E-state index in [1.165, 1.54) is 32.2 Å². The van der Waals surface area contributed by atoms with E-state index in [-0.39, 0.29) is 11.3 Å². The maximum absolute atomic E-state index is 13.7. The first kappa shape index (κ1) is 16.9. The van der Waals surface area contributed by atoms with E-state index in [9.17, 15) is 14.0 Å². The molecule has 6 heteroatoms. The fourth-order valence-corrected chi connectivity index (χ4v) is 1.80. The molecular weight excluding hydrogens is 277 g/mol. The van der Waals surface area contributed by atoms with E-state index in [1.807, 2.05) is 0 Å². The van der Waals surface area contributed by atoms with Crippen molar-refractivity contribution in [2.45, 2.75) is 38.8 Å². The van der Waals surface area contributed by atoms with Crippen LogP contribution < -0.4 is 10.1 Å². The summed E-state index contributed by atoms with van der Waals surface area (Å²) in [6, 6.07) is 4.15. The molecule has 0 aliphatic carbocycles. The number of nitrogens with one attached hydrogen (secondary N) is 1.